The molecule has 0 aliphatic heterocycles. The standard InChI is InChI=1S/C17H17FN2O2/c1-17(2,22)12-5-3-11(4-6-12)14-10-20-13(9-18)7-8-15(20)16(21)19-14/h3-8,10,22H,9H2,1-2H3,(H,19,21). The first-order valence-corrected chi connectivity index (χ1v) is 7.02. The van der Waals surface area contributed by atoms with Crippen LogP contribution in [-0.2, 0) is 12.3 Å². The maximum absolute atomic E-state index is 13.0. The zero-order valence-electron chi connectivity index (χ0n) is 12.4. The van der Waals surface area contributed by atoms with Crippen molar-refractivity contribution in [3.63, 3.8) is 0 Å². The first-order valence-electron chi connectivity index (χ1n) is 7.02. The second-order valence-electron chi connectivity index (χ2n) is 5.85. The Kier molecular flexibility index (Phi) is 3.37. The molecule has 114 valence electrons. The molecule has 0 atom stereocenters. The third kappa shape index (κ3) is 2.44. The van der Waals surface area contributed by atoms with Crippen LogP contribution in [0.25, 0.3) is 16.8 Å². The highest BCUT2D eigenvalue weighted by atomic mass is 19.1. The van der Waals surface area contributed by atoms with Crippen LogP contribution >= 0.6 is 0 Å². The zero-order valence-corrected chi connectivity index (χ0v) is 12.4. The van der Waals surface area contributed by atoms with Crippen LogP contribution in [-0.4, -0.2) is 14.5 Å². The summed E-state index contributed by atoms with van der Waals surface area (Å²) in [6, 6.07) is 10.5. The summed E-state index contributed by atoms with van der Waals surface area (Å²) < 4.78 is 14.5. The summed E-state index contributed by atoms with van der Waals surface area (Å²) in [6.45, 7) is 2.79. The lowest BCUT2D eigenvalue weighted by atomic mass is 9.97. The van der Waals surface area contributed by atoms with Crippen molar-refractivity contribution < 1.29 is 9.50 Å². The van der Waals surface area contributed by atoms with Gasteiger partial charge in [-0.25, -0.2) is 4.39 Å². The van der Waals surface area contributed by atoms with Gasteiger partial charge in [-0.1, -0.05) is 24.3 Å². The number of fused-ring (bicyclic) bond motifs is 1. The Balaban J connectivity index is 2.12. The van der Waals surface area contributed by atoms with E-state index < -0.39 is 12.3 Å². The molecule has 0 aliphatic rings. The molecule has 1 aromatic carbocycles. The topological polar surface area (TPSA) is 57.5 Å². The largest absolute Gasteiger partial charge is 0.386 e. The molecule has 22 heavy (non-hydrogen) atoms. The number of hydrogen-bond donors (Lipinski definition) is 2. The minimum absolute atomic E-state index is 0.260. The summed E-state index contributed by atoms with van der Waals surface area (Å²) >= 11 is 0. The van der Waals surface area contributed by atoms with Crippen molar-refractivity contribution in [1.29, 1.82) is 0 Å². The first kappa shape index (κ1) is 14.5. The van der Waals surface area contributed by atoms with Gasteiger partial charge in [-0.15, -0.1) is 0 Å². The molecule has 0 saturated carbocycles. The van der Waals surface area contributed by atoms with Gasteiger partial charge in [0.1, 0.15) is 12.2 Å². The van der Waals surface area contributed by atoms with Crippen molar-refractivity contribution in [2.75, 3.05) is 0 Å². The number of alkyl halides is 1. The van der Waals surface area contributed by atoms with Gasteiger partial charge in [0.05, 0.1) is 17.0 Å². The molecule has 3 rings (SSSR count). The lowest BCUT2D eigenvalue weighted by Crippen LogP contribution is -2.15. The Morgan fingerprint density at radius 1 is 1.18 bits per heavy atom. The normalized spacial score (nSPS) is 12.0. The molecule has 0 spiro atoms. The number of aromatic amines is 1. The van der Waals surface area contributed by atoms with Crippen molar-refractivity contribution in [3.05, 3.63) is 64.2 Å². The number of nitrogens with zero attached hydrogens (tertiary/aromatic N) is 1. The molecule has 0 aliphatic carbocycles. The molecule has 0 saturated heterocycles. The SMILES string of the molecule is CC(C)(O)c1ccc(-c2cn3c(CF)ccc3c(=O)[nH]2)cc1. The number of hydrogen-bond acceptors (Lipinski definition) is 2. The quantitative estimate of drug-likeness (QED) is 0.781. The second-order valence-corrected chi connectivity index (χ2v) is 5.85. The third-order valence-electron chi connectivity index (χ3n) is 3.78. The van der Waals surface area contributed by atoms with Crippen LogP contribution in [0.4, 0.5) is 4.39 Å². The Morgan fingerprint density at radius 2 is 1.86 bits per heavy atom. The predicted molar refractivity (Wildman–Crippen MR) is 83.5 cm³/mol. The van der Waals surface area contributed by atoms with Gasteiger partial charge in [0.25, 0.3) is 5.56 Å². The Morgan fingerprint density at radius 3 is 2.45 bits per heavy atom. The monoisotopic (exact) mass is 300 g/mol. The number of benzene rings is 1. The van der Waals surface area contributed by atoms with E-state index in [0.717, 1.165) is 11.1 Å². The summed E-state index contributed by atoms with van der Waals surface area (Å²) in [5.74, 6) is 0. The van der Waals surface area contributed by atoms with E-state index in [0.29, 0.717) is 16.9 Å². The lowest BCUT2D eigenvalue weighted by Gasteiger charge is -2.17. The zero-order chi connectivity index (χ0) is 15.9. The van der Waals surface area contributed by atoms with Gasteiger partial charge in [-0.2, -0.15) is 0 Å². The van der Waals surface area contributed by atoms with Crippen molar-refractivity contribution in [3.8, 4) is 11.3 Å². The van der Waals surface area contributed by atoms with Crippen LogP contribution in [0, 0.1) is 0 Å². The molecule has 2 heterocycles. The fourth-order valence-corrected chi connectivity index (χ4v) is 2.49. The summed E-state index contributed by atoms with van der Waals surface area (Å²) in [6.07, 6.45) is 1.71. The third-order valence-corrected chi connectivity index (χ3v) is 3.78. The average molecular weight is 300 g/mol. The molecule has 4 nitrogen and oxygen atoms in total. The van der Waals surface area contributed by atoms with Gasteiger partial charge < -0.3 is 14.5 Å². The number of halogens is 1. The molecule has 0 fully saturated rings. The van der Waals surface area contributed by atoms with Crippen LogP contribution in [0.2, 0.25) is 0 Å². The van der Waals surface area contributed by atoms with Crippen molar-refractivity contribution in [2.24, 2.45) is 0 Å². The number of aliphatic hydroxyl groups is 1. The Labute approximate surface area is 126 Å². The van der Waals surface area contributed by atoms with E-state index in [4.69, 9.17) is 0 Å². The minimum Gasteiger partial charge on any atom is -0.386 e. The van der Waals surface area contributed by atoms with Gasteiger partial charge in [-0.3, -0.25) is 4.79 Å². The molecule has 0 bridgehead atoms. The highest BCUT2D eigenvalue weighted by Gasteiger charge is 2.15. The summed E-state index contributed by atoms with van der Waals surface area (Å²) in [4.78, 5) is 14.9. The average Bonchev–Trinajstić information content (AvgIpc) is 2.90. The fraction of sp³-hybridized carbons (Fsp3) is 0.235. The van der Waals surface area contributed by atoms with E-state index in [1.165, 1.54) is 0 Å². The Bertz CT molecular complexity index is 870. The number of nitrogens with one attached hydrogen (secondary N) is 1. The lowest BCUT2D eigenvalue weighted by molar-refractivity contribution is 0.0786. The van der Waals surface area contributed by atoms with Gasteiger partial charge in [0.15, 0.2) is 0 Å². The van der Waals surface area contributed by atoms with Crippen molar-refractivity contribution in [2.45, 2.75) is 26.1 Å². The maximum Gasteiger partial charge on any atom is 0.272 e. The van der Waals surface area contributed by atoms with E-state index in [9.17, 15) is 14.3 Å². The second kappa shape index (κ2) is 5.10. The van der Waals surface area contributed by atoms with Crippen molar-refractivity contribution in [1.82, 2.24) is 9.38 Å². The van der Waals surface area contributed by atoms with Crippen LogP contribution in [0.15, 0.2) is 47.4 Å². The summed E-state index contributed by atoms with van der Waals surface area (Å²) in [5.41, 5.74) is 1.86. The van der Waals surface area contributed by atoms with Gasteiger partial charge in [0.2, 0.25) is 0 Å². The first-order chi connectivity index (χ1) is 10.4. The molecular formula is C17H17FN2O2. The molecule has 2 aromatic heterocycles. The number of rotatable bonds is 3. The highest BCUT2D eigenvalue weighted by molar-refractivity contribution is 5.61. The van der Waals surface area contributed by atoms with Crippen LogP contribution in [0.1, 0.15) is 25.1 Å². The van der Waals surface area contributed by atoms with Crippen molar-refractivity contribution >= 4 is 5.52 Å². The molecule has 0 amide bonds. The summed E-state index contributed by atoms with van der Waals surface area (Å²) in [5, 5.41) is 9.97. The Hall–Kier alpha value is -2.40. The smallest absolute Gasteiger partial charge is 0.272 e. The van der Waals surface area contributed by atoms with E-state index in [1.807, 2.05) is 24.3 Å². The van der Waals surface area contributed by atoms with Crippen LogP contribution in [0.5, 0.6) is 0 Å². The molecular weight excluding hydrogens is 283 g/mol. The minimum atomic E-state index is -0.919. The van der Waals surface area contributed by atoms with Crippen LogP contribution in [0.3, 0.4) is 0 Å². The number of H-pyrrole nitrogens is 1. The van der Waals surface area contributed by atoms with E-state index >= 15 is 0 Å². The van der Waals surface area contributed by atoms with Crippen LogP contribution < -0.4 is 5.56 Å². The number of aromatic nitrogens is 2. The van der Waals surface area contributed by atoms with Gasteiger partial charge in [-0.05, 0) is 37.1 Å². The summed E-state index contributed by atoms with van der Waals surface area (Å²) in [7, 11) is 0. The predicted octanol–water partition coefficient (Wildman–Crippen LogP) is 2.99. The van der Waals surface area contributed by atoms with E-state index in [1.54, 1.807) is 36.6 Å². The van der Waals surface area contributed by atoms with E-state index in [-0.39, 0.29) is 5.56 Å². The van der Waals surface area contributed by atoms with Gasteiger partial charge in [0, 0.05) is 6.20 Å². The molecule has 5 heteroatoms. The van der Waals surface area contributed by atoms with E-state index in [2.05, 4.69) is 4.98 Å². The molecule has 0 unspecified atom stereocenters. The fourth-order valence-electron chi connectivity index (χ4n) is 2.49. The highest BCUT2D eigenvalue weighted by Crippen LogP contribution is 2.23. The molecule has 2 N–H and O–H groups in total. The maximum atomic E-state index is 13.0. The molecule has 3 aromatic rings. The van der Waals surface area contributed by atoms with Gasteiger partial charge >= 0.3 is 0 Å². The molecule has 0 radical (unpaired) electrons.